The molecule has 2 heterocycles. The zero-order valence-corrected chi connectivity index (χ0v) is 13.9. The molecule has 1 aromatic heterocycles. The van der Waals surface area contributed by atoms with Crippen molar-refractivity contribution >= 4 is 16.9 Å². The number of aromatic nitrogens is 2. The second kappa shape index (κ2) is 6.11. The molecule has 3 aromatic rings. The van der Waals surface area contributed by atoms with Crippen molar-refractivity contribution in [3.05, 3.63) is 65.0 Å². The van der Waals surface area contributed by atoms with Crippen LogP contribution in [-0.2, 0) is 19.5 Å². The smallest absolute Gasteiger partial charge is 0.251 e. The summed E-state index contributed by atoms with van der Waals surface area (Å²) in [6.07, 6.45) is 3.44. The van der Waals surface area contributed by atoms with Gasteiger partial charge in [-0.25, -0.2) is 4.98 Å². The van der Waals surface area contributed by atoms with Crippen LogP contribution in [0.3, 0.4) is 0 Å². The molecule has 1 aliphatic heterocycles. The molecule has 0 saturated carbocycles. The molecule has 4 rings (SSSR count). The summed E-state index contributed by atoms with van der Waals surface area (Å²) in [5.74, 6) is 1.10. The normalized spacial score (nSPS) is 13.7. The molecular formula is C20H21N3O. The minimum atomic E-state index is -0.0499. The van der Waals surface area contributed by atoms with E-state index in [2.05, 4.69) is 22.9 Å². The van der Waals surface area contributed by atoms with E-state index in [4.69, 9.17) is 4.98 Å². The summed E-state index contributed by atoms with van der Waals surface area (Å²) in [5.41, 5.74) is 5.07. The number of fused-ring (bicyclic) bond motifs is 3. The zero-order valence-electron chi connectivity index (χ0n) is 13.9. The quantitative estimate of drug-likeness (QED) is 0.801. The fraction of sp³-hybridized carbons (Fsp3) is 0.300. The van der Waals surface area contributed by atoms with Crippen LogP contribution in [0, 0.1) is 6.92 Å². The van der Waals surface area contributed by atoms with Crippen LogP contribution < -0.4 is 5.32 Å². The van der Waals surface area contributed by atoms with Crippen LogP contribution in [0.15, 0.2) is 42.5 Å². The van der Waals surface area contributed by atoms with Gasteiger partial charge in [-0.15, -0.1) is 0 Å². The summed E-state index contributed by atoms with van der Waals surface area (Å²) in [7, 11) is 0. The number of hydrogen-bond acceptors (Lipinski definition) is 2. The highest BCUT2D eigenvalue weighted by molar-refractivity contribution is 5.97. The van der Waals surface area contributed by atoms with Crippen LogP contribution in [-0.4, -0.2) is 15.5 Å². The van der Waals surface area contributed by atoms with E-state index in [1.54, 1.807) is 0 Å². The Bertz CT molecular complexity index is 910. The van der Waals surface area contributed by atoms with Crippen molar-refractivity contribution in [2.45, 2.75) is 39.3 Å². The van der Waals surface area contributed by atoms with Gasteiger partial charge in [-0.3, -0.25) is 4.79 Å². The van der Waals surface area contributed by atoms with E-state index >= 15 is 0 Å². The molecule has 0 radical (unpaired) electrons. The SMILES string of the molecule is Cc1ccccc1CNC(=O)c1ccc2c(c1)nc1n2CCCC1. The predicted molar refractivity (Wildman–Crippen MR) is 95.0 cm³/mol. The summed E-state index contributed by atoms with van der Waals surface area (Å²) in [6, 6.07) is 13.9. The molecule has 2 aromatic carbocycles. The molecule has 0 fully saturated rings. The minimum Gasteiger partial charge on any atom is -0.348 e. The van der Waals surface area contributed by atoms with Crippen molar-refractivity contribution in [3.8, 4) is 0 Å². The molecule has 0 bridgehead atoms. The van der Waals surface area contributed by atoms with Crippen molar-refractivity contribution in [1.29, 1.82) is 0 Å². The van der Waals surface area contributed by atoms with Gasteiger partial charge >= 0.3 is 0 Å². The fourth-order valence-corrected chi connectivity index (χ4v) is 3.40. The van der Waals surface area contributed by atoms with Crippen molar-refractivity contribution in [2.75, 3.05) is 0 Å². The number of carbonyl (C=O) groups is 1. The lowest BCUT2D eigenvalue weighted by atomic mass is 10.1. The van der Waals surface area contributed by atoms with Crippen LogP contribution in [0.1, 0.15) is 40.2 Å². The molecule has 0 saturated heterocycles. The average Bonchev–Trinajstić information content (AvgIpc) is 2.98. The van der Waals surface area contributed by atoms with E-state index in [0.717, 1.165) is 35.4 Å². The van der Waals surface area contributed by atoms with E-state index in [1.807, 2.05) is 36.4 Å². The van der Waals surface area contributed by atoms with Crippen LogP contribution in [0.25, 0.3) is 11.0 Å². The molecule has 1 aliphatic rings. The number of nitrogens with zero attached hydrogens (tertiary/aromatic N) is 2. The number of carbonyl (C=O) groups excluding carboxylic acids is 1. The van der Waals surface area contributed by atoms with E-state index < -0.39 is 0 Å². The third-order valence-electron chi connectivity index (χ3n) is 4.82. The standard InChI is InChI=1S/C20H21N3O/c1-14-6-2-3-7-16(14)13-21-20(24)15-9-10-18-17(12-15)22-19-8-4-5-11-23(18)19/h2-3,6-7,9-10,12H,4-5,8,11,13H2,1H3,(H,21,24). The number of aryl methyl sites for hydroxylation is 3. The molecule has 0 atom stereocenters. The summed E-state index contributed by atoms with van der Waals surface area (Å²) in [6.45, 7) is 3.64. The molecule has 1 N–H and O–H groups in total. The Morgan fingerprint density at radius 3 is 2.96 bits per heavy atom. The van der Waals surface area contributed by atoms with Crippen LogP contribution in [0.4, 0.5) is 0 Å². The second-order valence-electron chi connectivity index (χ2n) is 6.45. The molecule has 0 spiro atoms. The number of benzene rings is 2. The first kappa shape index (κ1) is 14.9. The lowest BCUT2D eigenvalue weighted by Gasteiger charge is -2.13. The third kappa shape index (κ3) is 2.68. The highest BCUT2D eigenvalue weighted by Crippen LogP contribution is 2.23. The first-order valence-corrected chi connectivity index (χ1v) is 8.54. The van der Waals surface area contributed by atoms with E-state index in [-0.39, 0.29) is 5.91 Å². The monoisotopic (exact) mass is 319 g/mol. The number of imidazole rings is 1. The number of nitrogens with one attached hydrogen (secondary N) is 1. The average molecular weight is 319 g/mol. The van der Waals surface area contributed by atoms with Gasteiger partial charge in [-0.2, -0.15) is 0 Å². The highest BCUT2D eigenvalue weighted by atomic mass is 16.1. The zero-order chi connectivity index (χ0) is 16.5. The van der Waals surface area contributed by atoms with Gasteiger partial charge in [-0.05, 0) is 49.1 Å². The predicted octanol–water partition coefficient (Wildman–Crippen LogP) is 3.61. The molecule has 24 heavy (non-hydrogen) atoms. The summed E-state index contributed by atoms with van der Waals surface area (Å²) in [4.78, 5) is 17.2. The lowest BCUT2D eigenvalue weighted by Crippen LogP contribution is -2.23. The van der Waals surface area contributed by atoms with Crippen LogP contribution in [0.5, 0.6) is 0 Å². The Morgan fingerprint density at radius 2 is 2.08 bits per heavy atom. The molecule has 4 heteroatoms. The van der Waals surface area contributed by atoms with Crippen molar-refractivity contribution in [1.82, 2.24) is 14.9 Å². The number of rotatable bonds is 3. The maximum atomic E-state index is 12.5. The second-order valence-corrected chi connectivity index (χ2v) is 6.45. The summed E-state index contributed by atoms with van der Waals surface area (Å²) >= 11 is 0. The summed E-state index contributed by atoms with van der Waals surface area (Å²) in [5, 5.41) is 3.01. The van der Waals surface area contributed by atoms with Crippen molar-refractivity contribution in [3.63, 3.8) is 0 Å². The number of amides is 1. The van der Waals surface area contributed by atoms with Crippen LogP contribution >= 0.6 is 0 Å². The van der Waals surface area contributed by atoms with Gasteiger partial charge in [-0.1, -0.05) is 24.3 Å². The summed E-state index contributed by atoms with van der Waals surface area (Å²) < 4.78 is 2.29. The largest absolute Gasteiger partial charge is 0.348 e. The Hall–Kier alpha value is -2.62. The molecule has 122 valence electrons. The van der Waals surface area contributed by atoms with E-state index in [0.29, 0.717) is 12.1 Å². The van der Waals surface area contributed by atoms with Crippen molar-refractivity contribution in [2.24, 2.45) is 0 Å². The van der Waals surface area contributed by atoms with Gasteiger partial charge in [0, 0.05) is 25.1 Å². The van der Waals surface area contributed by atoms with Gasteiger partial charge in [0.15, 0.2) is 0 Å². The highest BCUT2D eigenvalue weighted by Gasteiger charge is 2.16. The molecule has 1 amide bonds. The van der Waals surface area contributed by atoms with Crippen LogP contribution in [0.2, 0.25) is 0 Å². The number of hydrogen-bond donors (Lipinski definition) is 1. The van der Waals surface area contributed by atoms with E-state index in [9.17, 15) is 4.79 Å². The Balaban J connectivity index is 1.55. The topological polar surface area (TPSA) is 46.9 Å². The fourth-order valence-electron chi connectivity index (χ4n) is 3.40. The van der Waals surface area contributed by atoms with Gasteiger partial charge in [0.25, 0.3) is 5.91 Å². The molecular weight excluding hydrogens is 298 g/mol. The molecule has 4 nitrogen and oxygen atoms in total. The maximum absolute atomic E-state index is 12.5. The Morgan fingerprint density at radius 1 is 1.21 bits per heavy atom. The lowest BCUT2D eigenvalue weighted by molar-refractivity contribution is 0.0951. The van der Waals surface area contributed by atoms with Gasteiger partial charge in [0.1, 0.15) is 5.82 Å². The minimum absolute atomic E-state index is 0.0499. The molecule has 0 unspecified atom stereocenters. The Kier molecular flexibility index (Phi) is 3.81. The van der Waals surface area contributed by atoms with E-state index in [1.165, 1.54) is 18.4 Å². The van der Waals surface area contributed by atoms with Gasteiger partial charge in [0.2, 0.25) is 0 Å². The third-order valence-corrected chi connectivity index (χ3v) is 4.82. The maximum Gasteiger partial charge on any atom is 0.251 e. The Labute approximate surface area is 141 Å². The van der Waals surface area contributed by atoms with Crippen molar-refractivity contribution < 1.29 is 4.79 Å². The molecule has 0 aliphatic carbocycles. The van der Waals surface area contributed by atoms with Gasteiger partial charge < -0.3 is 9.88 Å². The first-order valence-electron chi connectivity index (χ1n) is 8.54. The van der Waals surface area contributed by atoms with Gasteiger partial charge in [0.05, 0.1) is 11.0 Å². The first-order chi connectivity index (χ1) is 11.7.